The Morgan fingerprint density at radius 3 is 2.47 bits per heavy atom. The standard InChI is InChI=1S/C26H26N4O6/c1-15-22-19(27-28-24(31)16-8-6-9-17(14-16)34-2)11-7-13-21(22)36-23(15)26(33)30-29-25(32)18-10-4-5-12-20(18)35-3/h4-6,8-10,12,14H,7,11,13H2,1-3H3,(H,28,31)(H,29,32)(H,30,33)/b27-19+. The number of rotatable bonds is 6. The van der Waals surface area contributed by atoms with Crippen LogP contribution in [0.5, 0.6) is 11.5 Å². The van der Waals surface area contributed by atoms with Crippen molar-refractivity contribution in [3.63, 3.8) is 0 Å². The van der Waals surface area contributed by atoms with Crippen LogP contribution < -0.4 is 25.8 Å². The highest BCUT2D eigenvalue weighted by Gasteiger charge is 2.28. The minimum Gasteiger partial charge on any atom is -0.497 e. The van der Waals surface area contributed by atoms with Gasteiger partial charge in [0.15, 0.2) is 5.76 Å². The zero-order chi connectivity index (χ0) is 25.7. The predicted molar refractivity (Wildman–Crippen MR) is 131 cm³/mol. The summed E-state index contributed by atoms with van der Waals surface area (Å²) >= 11 is 0. The summed E-state index contributed by atoms with van der Waals surface area (Å²) in [5.41, 5.74) is 9.91. The Labute approximate surface area is 207 Å². The van der Waals surface area contributed by atoms with Crippen LogP contribution in [0.15, 0.2) is 58.0 Å². The lowest BCUT2D eigenvalue weighted by atomic mass is 9.93. The number of benzene rings is 2. The molecule has 1 heterocycles. The van der Waals surface area contributed by atoms with Crippen molar-refractivity contribution in [1.82, 2.24) is 16.3 Å². The minimum atomic E-state index is -0.607. The Hall–Kier alpha value is -4.60. The van der Waals surface area contributed by atoms with Crippen LogP contribution in [0, 0.1) is 6.92 Å². The lowest BCUT2D eigenvalue weighted by molar-refractivity contribution is 0.0827. The van der Waals surface area contributed by atoms with Gasteiger partial charge in [-0.25, -0.2) is 5.43 Å². The molecule has 0 saturated heterocycles. The van der Waals surface area contributed by atoms with E-state index in [1.54, 1.807) is 55.5 Å². The number of hydrogen-bond acceptors (Lipinski definition) is 7. The third kappa shape index (κ3) is 5.07. The van der Waals surface area contributed by atoms with Gasteiger partial charge >= 0.3 is 5.91 Å². The number of aryl methyl sites for hydroxylation is 1. The van der Waals surface area contributed by atoms with Gasteiger partial charge in [-0.15, -0.1) is 0 Å². The van der Waals surface area contributed by atoms with Crippen LogP contribution in [0.25, 0.3) is 0 Å². The van der Waals surface area contributed by atoms with E-state index in [-0.39, 0.29) is 17.2 Å². The van der Waals surface area contributed by atoms with Crippen LogP contribution in [0.1, 0.15) is 61.0 Å². The molecule has 36 heavy (non-hydrogen) atoms. The number of para-hydroxylation sites is 1. The first-order chi connectivity index (χ1) is 17.4. The zero-order valence-electron chi connectivity index (χ0n) is 20.1. The molecule has 1 aromatic heterocycles. The number of carbonyl (C=O) groups excluding carboxylic acids is 3. The van der Waals surface area contributed by atoms with Crippen LogP contribution in [0.2, 0.25) is 0 Å². The lowest BCUT2D eigenvalue weighted by Crippen LogP contribution is -2.41. The van der Waals surface area contributed by atoms with Crippen LogP contribution in [0.3, 0.4) is 0 Å². The van der Waals surface area contributed by atoms with Gasteiger partial charge in [0.05, 0.1) is 25.5 Å². The van der Waals surface area contributed by atoms with E-state index in [1.807, 2.05) is 0 Å². The molecule has 3 aromatic rings. The van der Waals surface area contributed by atoms with E-state index in [4.69, 9.17) is 13.9 Å². The van der Waals surface area contributed by atoms with Crippen molar-refractivity contribution in [1.29, 1.82) is 0 Å². The summed E-state index contributed by atoms with van der Waals surface area (Å²) in [6, 6.07) is 13.4. The molecule has 0 spiro atoms. The first kappa shape index (κ1) is 24.5. The molecule has 0 unspecified atom stereocenters. The molecule has 10 heteroatoms. The number of carbonyl (C=O) groups is 3. The van der Waals surface area contributed by atoms with Gasteiger partial charge in [0.25, 0.3) is 11.8 Å². The second-order valence-corrected chi connectivity index (χ2v) is 8.05. The summed E-state index contributed by atoms with van der Waals surface area (Å²) in [6.45, 7) is 1.74. The quantitative estimate of drug-likeness (QED) is 0.455. The fraction of sp³-hybridized carbons (Fsp3) is 0.231. The summed E-state index contributed by atoms with van der Waals surface area (Å²) in [5.74, 6) is 0.0948. The van der Waals surface area contributed by atoms with E-state index in [9.17, 15) is 14.4 Å². The Kier molecular flexibility index (Phi) is 7.33. The van der Waals surface area contributed by atoms with E-state index in [0.717, 1.165) is 6.42 Å². The van der Waals surface area contributed by atoms with E-state index in [1.165, 1.54) is 14.2 Å². The number of nitrogens with one attached hydrogen (secondary N) is 3. The number of fused-ring (bicyclic) bond motifs is 1. The van der Waals surface area contributed by atoms with Crippen LogP contribution in [-0.2, 0) is 6.42 Å². The average molecular weight is 491 g/mol. The largest absolute Gasteiger partial charge is 0.497 e. The van der Waals surface area contributed by atoms with Gasteiger partial charge in [-0.1, -0.05) is 18.2 Å². The number of methoxy groups -OCH3 is 2. The highest BCUT2D eigenvalue weighted by molar-refractivity contribution is 6.07. The van der Waals surface area contributed by atoms with Crippen molar-refractivity contribution in [3.05, 3.63) is 82.3 Å². The number of hydrazine groups is 1. The van der Waals surface area contributed by atoms with Gasteiger partial charge in [0, 0.05) is 23.1 Å². The highest BCUT2D eigenvalue weighted by Crippen LogP contribution is 2.30. The first-order valence-corrected chi connectivity index (χ1v) is 11.3. The molecule has 1 aliphatic carbocycles. The van der Waals surface area contributed by atoms with Crippen molar-refractivity contribution >= 4 is 23.4 Å². The van der Waals surface area contributed by atoms with Gasteiger partial charge in [0.2, 0.25) is 0 Å². The molecule has 186 valence electrons. The Bertz CT molecular complexity index is 1340. The topological polar surface area (TPSA) is 131 Å². The summed E-state index contributed by atoms with van der Waals surface area (Å²) in [7, 11) is 2.99. The van der Waals surface area contributed by atoms with Gasteiger partial charge in [-0.2, -0.15) is 5.10 Å². The van der Waals surface area contributed by atoms with E-state index >= 15 is 0 Å². The molecule has 10 nitrogen and oxygen atoms in total. The third-order valence-corrected chi connectivity index (χ3v) is 5.80. The molecule has 0 aliphatic heterocycles. The second-order valence-electron chi connectivity index (χ2n) is 8.05. The molecule has 0 radical (unpaired) electrons. The number of hydrogen-bond donors (Lipinski definition) is 3. The molecular formula is C26H26N4O6. The van der Waals surface area contributed by atoms with Crippen molar-refractivity contribution in [2.24, 2.45) is 5.10 Å². The van der Waals surface area contributed by atoms with Crippen molar-refractivity contribution in [2.75, 3.05) is 14.2 Å². The second kappa shape index (κ2) is 10.8. The Morgan fingerprint density at radius 2 is 1.69 bits per heavy atom. The average Bonchev–Trinajstić information content (AvgIpc) is 3.27. The van der Waals surface area contributed by atoms with Gasteiger partial charge in [-0.05, 0) is 50.1 Å². The molecule has 1 aliphatic rings. The maximum Gasteiger partial charge on any atom is 0.305 e. The number of furan rings is 1. The van der Waals surface area contributed by atoms with Crippen molar-refractivity contribution < 1.29 is 28.3 Å². The van der Waals surface area contributed by atoms with Gasteiger partial charge < -0.3 is 13.9 Å². The monoisotopic (exact) mass is 490 g/mol. The Morgan fingerprint density at radius 1 is 0.917 bits per heavy atom. The van der Waals surface area contributed by atoms with Crippen molar-refractivity contribution in [3.8, 4) is 11.5 Å². The van der Waals surface area contributed by atoms with Crippen molar-refractivity contribution in [2.45, 2.75) is 26.2 Å². The summed E-state index contributed by atoms with van der Waals surface area (Å²) < 4.78 is 16.2. The molecule has 0 atom stereocenters. The van der Waals surface area contributed by atoms with E-state index < -0.39 is 11.8 Å². The third-order valence-electron chi connectivity index (χ3n) is 5.80. The number of ether oxygens (including phenoxy) is 2. The first-order valence-electron chi connectivity index (χ1n) is 11.3. The summed E-state index contributed by atoms with van der Waals surface area (Å²) in [4.78, 5) is 37.9. The van der Waals surface area contributed by atoms with E-state index in [2.05, 4.69) is 21.4 Å². The maximum atomic E-state index is 12.8. The van der Waals surface area contributed by atoms with E-state index in [0.29, 0.717) is 52.5 Å². The normalized spacial score (nSPS) is 13.5. The Balaban J connectivity index is 1.48. The molecule has 4 rings (SSSR count). The smallest absolute Gasteiger partial charge is 0.305 e. The fourth-order valence-corrected chi connectivity index (χ4v) is 4.01. The molecule has 3 N–H and O–H groups in total. The predicted octanol–water partition coefficient (Wildman–Crippen LogP) is 3.15. The van der Waals surface area contributed by atoms with Gasteiger partial charge in [0.1, 0.15) is 17.3 Å². The minimum absolute atomic E-state index is 0.0639. The summed E-state index contributed by atoms with van der Waals surface area (Å²) in [6.07, 6.45) is 1.98. The molecule has 0 saturated carbocycles. The van der Waals surface area contributed by atoms with Crippen LogP contribution in [-0.4, -0.2) is 37.7 Å². The lowest BCUT2D eigenvalue weighted by Gasteiger charge is -2.13. The molecule has 0 bridgehead atoms. The molecule has 2 aromatic carbocycles. The maximum absolute atomic E-state index is 12.8. The highest BCUT2D eigenvalue weighted by atomic mass is 16.5. The fourth-order valence-electron chi connectivity index (χ4n) is 4.01. The number of nitrogens with zero attached hydrogens (tertiary/aromatic N) is 1. The molecular weight excluding hydrogens is 464 g/mol. The molecule has 3 amide bonds. The number of amides is 3. The number of hydrazone groups is 1. The van der Waals surface area contributed by atoms with Crippen LogP contribution >= 0.6 is 0 Å². The van der Waals surface area contributed by atoms with Gasteiger partial charge in [-0.3, -0.25) is 25.2 Å². The molecule has 0 fully saturated rings. The zero-order valence-corrected chi connectivity index (χ0v) is 20.1. The SMILES string of the molecule is COc1cccc(C(=O)N/N=C2\CCCc3oc(C(=O)NNC(=O)c4ccccc4OC)c(C)c32)c1. The summed E-state index contributed by atoms with van der Waals surface area (Å²) in [5, 5.41) is 4.32. The van der Waals surface area contributed by atoms with Crippen LogP contribution in [0.4, 0.5) is 0 Å².